The van der Waals surface area contributed by atoms with Gasteiger partial charge < -0.3 is 10.2 Å². The maximum atomic E-state index is 12.8. The maximum absolute atomic E-state index is 12.8. The van der Waals surface area contributed by atoms with Crippen LogP contribution in [0, 0.1) is 17.7 Å². The van der Waals surface area contributed by atoms with Crippen LogP contribution in [0.1, 0.15) is 25.7 Å². The van der Waals surface area contributed by atoms with Crippen LogP contribution in [0.4, 0.5) is 10.1 Å². The van der Waals surface area contributed by atoms with Crippen LogP contribution in [0.2, 0.25) is 0 Å². The summed E-state index contributed by atoms with van der Waals surface area (Å²) in [5.74, 6) is 0.0697. The van der Waals surface area contributed by atoms with E-state index in [1.165, 1.54) is 12.1 Å². The lowest BCUT2D eigenvalue weighted by Gasteiger charge is -2.31. The smallest absolute Gasteiger partial charge is 0.227 e. The molecule has 0 spiro atoms. The summed E-state index contributed by atoms with van der Waals surface area (Å²) < 4.78 is 12.8. The van der Waals surface area contributed by atoms with Crippen molar-refractivity contribution in [3.05, 3.63) is 30.1 Å². The van der Waals surface area contributed by atoms with Crippen molar-refractivity contribution in [1.29, 1.82) is 0 Å². The average Bonchev–Trinajstić information content (AvgIpc) is 3.34. The van der Waals surface area contributed by atoms with Crippen LogP contribution in [0.5, 0.6) is 0 Å². The molecule has 0 radical (unpaired) electrons. The SMILES string of the molecule is O=C(Nc1ccc(F)cc1)C1CCN(C(=O)C2CC2)CC1. The molecule has 112 valence electrons. The Balaban J connectivity index is 1.50. The summed E-state index contributed by atoms with van der Waals surface area (Å²) in [6.45, 7) is 1.33. The highest BCUT2D eigenvalue weighted by Gasteiger charge is 2.35. The molecular formula is C16H19FN2O2. The van der Waals surface area contributed by atoms with Crippen LogP contribution in [0.25, 0.3) is 0 Å². The number of hydrogen-bond donors (Lipinski definition) is 1. The lowest BCUT2D eigenvalue weighted by molar-refractivity contribution is -0.135. The molecule has 3 rings (SSSR count). The first kappa shape index (κ1) is 14.0. The van der Waals surface area contributed by atoms with E-state index in [1.54, 1.807) is 12.1 Å². The van der Waals surface area contributed by atoms with Crippen molar-refractivity contribution in [2.24, 2.45) is 11.8 Å². The largest absolute Gasteiger partial charge is 0.342 e. The number of nitrogens with zero attached hydrogens (tertiary/aromatic N) is 1. The van der Waals surface area contributed by atoms with Gasteiger partial charge in [-0.3, -0.25) is 9.59 Å². The third kappa shape index (κ3) is 3.40. The second-order valence-electron chi connectivity index (χ2n) is 5.87. The Kier molecular flexibility index (Phi) is 3.90. The second kappa shape index (κ2) is 5.84. The van der Waals surface area contributed by atoms with Crippen molar-refractivity contribution in [3.8, 4) is 0 Å². The van der Waals surface area contributed by atoms with Crippen molar-refractivity contribution in [3.63, 3.8) is 0 Å². The van der Waals surface area contributed by atoms with Crippen molar-refractivity contribution in [2.75, 3.05) is 18.4 Å². The van der Waals surface area contributed by atoms with Gasteiger partial charge >= 0.3 is 0 Å². The number of piperidine rings is 1. The van der Waals surface area contributed by atoms with E-state index in [9.17, 15) is 14.0 Å². The van der Waals surface area contributed by atoms with E-state index in [4.69, 9.17) is 0 Å². The zero-order valence-electron chi connectivity index (χ0n) is 11.8. The van der Waals surface area contributed by atoms with Crippen LogP contribution in [-0.2, 0) is 9.59 Å². The van der Waals surface area contributed by atoms with Gasteiger partial charge in [-0.05, 0) is 49.9 Å². The fraction of sp³-hybridized carbons (Fsp3) is 0.500. The van der Waals surface area contributed by atoms with E-state index in [-0.39, 0.29) is 29.5 Å². The number of carbonyl (C=O) groups is 2. The highest BCUT2D eigenvalue weighted by Crippen LogP contribution is 2.32. The molecule has 1 aliphatic carbocycles. The molecule has 21 heavy (non-hydrogen) atoms. The van der Waals surface area contributed by atoms with Crippen LogP contribution < -0.4 is 5.32 Å². The molecule has 0 unspecified atom stereocenters. The second-order valence-corrected chi connectivity index (χ2v) is 5.87. The van der Waals surface area contributed by atoms with Crippen molar-refractivity contribution < 1.29 is 14.0 Å². The van der Waals surface area contributed by atoms with E-state index in [2.05, 4.69) is 5.32 Å². The zero-order chi connectivity index (χ0) is 14.8. The zero-order valence-corrected chi connectivity index (χ0v) is 11.8. The molecule has 1 aliphatic heterocycles. The molecule has 1 N–H and O–H groups in total. The lowest BCUT2D eigenvalue weighted by Crippen LogP contribution is -2.42. The summed E-state index contributed by atoms with van der Waals surface area (Å²) in [7, 11) is 0. The highest BCUT2D eigenvalue weighted by molar-refractivity contribution is 5.92. The Bertz CT molecular complexity index is 532. The molecule has 2 amide bonds. The minimum Gasteiger partial charge on any atom is -0.342 e. The topological polar surface area (TPSA) is 49.4 Å². The number of carbonyl (C=O) groups excluding carboxylic acids is 2. The van der Waals surface area contributed by atoms with Crippen LogP contribution in [0.3, 0.4) is 0 Å². The van der Waals surface area contributed by atoms with Crippen molar-refractivity contribution >= 4 is 17.5 Å². The number of amides is 2. The van der Waals surface area contributed by atoms with Gasteiger partial charge in [0.1, 0.15) is 5.82 Å². The molecular weight excluding hydrogens is 271 g/mol. The van der Waals surface area contributed by atoms with E-state index in [0.717, 1.165) is 12.8 Å². The molecule has 4 nitrogen and oxygen atoms in total. The maximum Gasteiger partial charge on any atom is 0.227 e. The average molecular weight is 290 g/mol. The van der Waals surface area contributed by atoms with Gasteiger partial charge in [-0.25, -0.2) is 4.39 Å². The first-order valence-electron chi connectivity index (χ1n) is 7.49. The summed E-state index contributed by atoms with van der Waals surface area (Å²) in [4.78, 5) is 26.0. The minimum absolute atomic E-state index is 0.0415. The Hall–Kier alpha value is -1.91. The van der Waals surface area contributed by atoms with Gasteiger partial charge in [0.2, 0.25) is 11.8 Å². The van der Waals surface area contributed by atoms with Gasteiger partial charge in [0.25, 0.3) is 0 Å². The molecule has 2 fully saturated rings. The number of benzene rings is 1. The first-order valence-corrected chi connectivity index (χ1v) is 7.49. The summed E-state index contributed by atoms with van der Waals surface area (Å²) >= 11 is 0. The first-order chi connectivity index (χ1) is 10.1. The third-order valence-corrected chi connectivity index (χ3v) is 4.22. The number of rotatable bonds is 3. The van der Waals surface area contributed by atoms with Gasteiger partial charge in [-0.2, -0.15) is 0 Å². The molecule has 0 bridgehead atoms. The number of halogens is 1. The Labute approximate surface area is 123 Å². The van der Waals surface area contributed by atoms with E-state index >= 15 is 0 Å². The van der Waals surface area contributed by atoms with Crippen molar-refractivity contribution in [2.45, 2.75) is 25.7 Å². The molecule has 1 saturated carbocycles. The summed E-state index contributed by atoms with van der Waals surface area (Å²) in [6.07, 6.45) is 3.44. The fourth-order valence-corrected chi connectivity index (χ4v) is 2.73. The van der Waals surface area contributed by atoms with Gasteiger partial charge in [0.05, 0.1) is 0 Å². The van der Waals surface area contributed by atoms with Crippen LogP contribution in [0.15, 0.2) is 24.3 Å². The third-order valence-electron chi connectivity index (χ3n) is 4.22. The monoisotopic (exact) mass is 290 g/mol. The van der Waals surface area contributed by atoms with E-state index < -0.39 is 0 Å². The van der Waals surface area contributed by atoms with E-state index in [1.807, 2.05) is 4.90 Å². The number of hydrogen-bond acceptors (Lipinski definition) is 2. The predicted octanol–water partition coefficient (Wildman–Crippen LogP) is 2.41. The number of nitrogens with one attached hydrogen (secondary N) is 1. The molecule has 1 aromatic carbocycles. The highest BCUT2D eigenvalue weighted by atomic mass is 19.1. The molecule has 1 heterocycles. The molecule has 1 aromatic rings. The molecule has 0 atom stereocenters. The molecule has 2 aliphatic rings. The molecule has 0 aromatic heterocycles. The summed E-state index contributed by atoms with van der Waals surface area (Å²) in [6, 6.07) is 5.76. The van der Waals surface area contributed by atoms with Crippen molar-refractivity contribution in [1.82, 2.24) is 4.90 Å². The van der Waals surface area contributed by atoms with Gasteiger partial charge in [-0.1, -0.05) is 0 Å². The number of anilines is 1. The fourth-order valence-electron chi connectivity index (χ4n) is 2.73. The lowest BCUT2D eigenvalue weighted by atomic mass is 9.95. The quantitative estimate of drug-likeness (QED) is 0.929. The van der Waals surface area contributed by atoms with Gasteiger partial charge in [-0.15, -0.1) is 0 Å². The summed E-state index contributed by atoms with van der Waals surface area (Å²) in [5.41, 5.74) is 0.609. The normalized spacial score (nSPS) is 19.4. The summed E-state index contributed by atoms with van der Waals surface area (Å²) in [5, 5.41) is 2.81. The number of likely N-dealkylation sites (tertiary alicyclic amines) is 1. The minimum atomic E-state index is -0.320. The van der Waals surface area contributed by atoms with E-state index in [0.29, 0.717) is 31.6 Å². The molecule has 1 saturated heterocycles. The van der Waals surface area contributed by atoms with Crippen LogP contribution in [-0.4, -0.2) is 29.8 Å². The van der Waals surface area contributed by atoms with Crippen LogP contribution >= 0.6 is 0 Å². The van der Waals surface area contributed by atoms with Gasteiger partial charge in [0.15, 0.2) is 0 Å². The Morgan fingerprint density at radius 2 is 1.62 bits per heavy atom. The Morgan fingerprint density at radius 1 is 1.00 bits per heavy atom. The standard InChI is InChI=1S/C16H19FN2O2/c17-13-3-5-14(6-4-13)18-15(20)11-7-9-19(10-8-11)16(21)12-1-2-12/h3-6,11-12H,1-2,7-10H2,(H,18,20). The Morgan fingerprint density at radius 3 is 2.19 bits per heavy atom. The predicted molar refractivity (Wildman–Crippen MR) is 77.1 cm³/mol. The molecule has 5 heteroatoms. The van der Waals surface area contributed by atoms with Gasteiger partial charge in [0, 0.05) is 30.6 Å².